The van der Waals surface area contributed by atoms with E-state index < -0.39 is 71.3 Å². The third kappa shape index (κ3) is 10.6. The molecule has 5 aromatic rings. The fraction of sp³-hybridized carbons (Fsp3) is 0.295. The molecule has 5 atom stereocenters. The third-order valence-corrected chi connectivity index (χ3v) is 9.67. The van der Waals surface area contributed by atoms with Gasteiger partial charge >= 0.3 is 23.6 Å². The van der Waals surface area contributed by atoms with Crippen molar-refractivity contribution in [2.24, 2.45) is 0 Å². The number of ether oxygens (including phenoxy) is 5. The van der Waals surface area contributed by atoms with Crippen molar-refractivity contribution < 1.29 is 43.0 Å². The van der Waals surface area contributed by atoms with E-state index in [1.54, 1.807) is 66.7 Å². The molecule has 15 heteroatoms. The maximum Gasteiger partial charge on any atom is 0.338 e. The van der Waals surface area contributed by atoms with Gasteiger partial charge < -0.3 is 23.7 Å². The molecule has 0 bridgehead atoms. The Hall–Kier alpha value is -6.71. The first-order valence-corrected chi connectivity index (χ1v) is 19.3. The number of non-ortho nitro benzene ring substituents is 1. The van der Waals surface area contributed by atoms with Gasteiger partial charge in [0.15, 0.2) is 18.4 Å². The number of carbonyl (C=O) groups is 3. The number of H-pyrrole nitrogens is 1. The van der Waals surface area contributed by atoms with Gasteiger partial charge in [-0.25, -0.2) is 19.2 Å². The van der Waals surface area contributed by atoms with Crippen molar-refractivity contribution >= 4 is 23.6 Å². The highest BCUT2D eigenvalue weighted by atomic mass is 16.7. The maximum atomic E-state index is 13.8. The molecule has 1 aliphatic heterocycles. The smallest absolute Gasteiger partial charge is 0.338 e. The Bertz CT molecular complexity index is 2320. The summed E-state index contributed by atoms with van der Waals surface area (Å²) < 4.78 is 31.3. The number of benzene rings is 4. The second kappa shape index (κ2) is 20.1. The molecule has 0 spiro atoms. The quantitative estimate of drug-likeness (QED) is 0.0323. The predicted octanol–water partition coefficient (Wildman–Crippen LogP) is 6.73. The fourth-order valence-electron chi connectivity index (χ4n) is 6.60. The molecule has 15 nitrogen and oxygen atoms in total. The number of nitrogens with zero attached hydrogens (tertiary/aromatic N) is 2. The van der Waals surface area contributed by atoms with Crippen molar-refractivity contribution in [3.63, 3.8) is 0 Å². The molecule has 1 N–H and O–H groups in total. The normalized spacial score (nSPS) is 17.8. The van der Waals surface area contributed by atoms with E-state index >= 15 is 0 Å². The second-order valence-electron chi connectivity index (χ2n) is 13.8. The maximum absolute atomic E-state index is 13.8. The van der Waals surface area contributed by atoms with E-state index in [4.69, 9.17) is 23.7 Å². The predicted molar refractivity (Wildman–Crippen MR) is 213 cm³/mol. The lowest BCUT2D eigenvalue weighted by atomic mass is 10.0. The van der Waals surface area contributed by atoms with Crippen LogP contribution in [0.15, 0.2) is 131 Å². The number of unbranched alkanes of at least 4 members (excludes halogenated alkanes) is 4. The third-order valence-electron chi connectivity index (χ3n) is 9.67. The minimum atomic E-state index is -1.56. The molecule has 4 aromatic carbocycles. The Morgan fingerprint density at radius 1 is 0.746 bits per heavy atom. The number of carbonyl (C=O) groups excluding carboxylic acids is 3. The molecule has 1 aromatic heterocycles. The van der Waals surface area contributed by atoms with Crippen molar-refractivity contribution in [1.82, 2.24) is 9.55 Å². The average Bonchev–Trinajstić information content (AvgIpc) is 3.59. The first kappa shape index (κ1) is 41.9. The van der Waals surface area contributed by atoms with Crippen LogP contribution in [0, 0.1) is 10.1 Å². The first-order valence-electron chi connectivity index (χ1n) is 19.3. The number of hydrogen-bond acceptors (Lipinski definition) is 12. The van der Waals surface area contributed by atoms with Gasteiger partial charge in [0, 0.05) is 24.9 Å². The van der Waals surface area contributed by atoms with Gasteiger partial charge in [-0.1, -0.05) is 87.2 Å². The van der Waals surface area contributed by atoms with Gasteiger partial charge in [-0.05, 0) is 60.5 Å². The number of aromatic amines is 1. The van der Waals surface area contributed by atoms with Gasteiger partial charge in [-0.2, -0.15) is 0 Å². The first-order chi connectivity index (χ1) is 28.6. The number of hydrogen-bond donors (Lipinski definition) is 1. The van der Waals surface area contributed by atoms with Crippen LogP contribution in [-0.4, -0.2) is 63.9 Å². The Morgan fingerprint density at radius 2 is 1.29 bits per heavy atom. The Morgan fingerprint density at radius 3 is 1.85 bits per heavy atom. The van der Waals surface area contributed by atoms with E-state index in [-0.39, 0.29) is 34.5 Å². The van der Waals surface area contributed by atoms with E-state index in [2.05, 4.69) is 11.9 Å². The second-order valence-corrected chi connectivity index (χ2v) is 13.8. The molecule has 1 fully saturated rings. The highest BCUT2D eigenvalue weighted by Crippen LogP contribution is 2.36. The molecule has 0 radical (unpaired) electrons. The highest BCUT2D eigenvalue weighted by Gasteiger charge is 2.52. The van der Waals surface area contributed by atoms with Gasteiger partial charge in [0.1, 0.15) is 18.8 Å². The SMILES string of the molecule is CCCCCCCO[C@@H](c1ccc([N+](=O)[O-])cc1)c1cn([C@@H]2O[C@H](COC(=O)c3ccccc3)[C@@H](OC(=O)c3ccccc3)[C@H]2OC(=O)c2ccccc2)c(=O)[nH]c1=O. The topological polar surface area (TPSA) is 195 Å². The number of nitrogens with one attached hydrogen (secondary N) is 1. The molecule has 2 heterocycles. The number of nitro groups is 1. The van der Waals surface area contributed by atoms with Gasteiger partial charge in [0.2, 0.25) is 0 Å². The molecule has 59 heavy (non-hydrogen) atoms. The van der Waals surface area contributed by atoms with Crippen LogP contribution in [0.3, 0.4) is 0 Å². The van der Waals surface area contributed by atoms with Gasteiger partial charge in [-0.15, -0.1) is 0 Å². The molecule has 0 saturated carbocycles. The van der Waals surface area contributed by atoms with Gasteiger partial charge in [0.25, 0.3) is 11.2 Å². The zero-order valence-corrected chi connectivity index (χ0v) is 32.2. The lowest BCUT2D eigenvalue weighted by molar-refractivity contribution is -0.384. The number of aromatic nitrogens is 2. The summed E-state index contributed by atoms with van der Waals surface area (Å²) >= 11 is 0. The highest BCUT2D eigenvalue weighted by molar-refractivity contribution is 5.91. The molecule has 0 unspecified atom stereocenters. The van der Waals surface area contributed by atoms with Gasteiger partial charge in [-0.3, -0.25) is 24.5 Å². The minimum absolute atomic E-state index is 0.0690. The van der Waals surface area contributed by atoms with Crippen molar-refractivity contribution in [2.45, 2.75) is 69.7 Å². The van der Waals surface area contributed by atoms with Crippen LogP contribution in [0.5, 0.6) is 0 Å². The van der Waals surface area contributed by atoms with Crippen molar-refractivity contribution in [2.75, 3.05) is 13.2 Å². The zero-order valence-electron chi connectivity index (χ0n) is 32.2. The molecular weight excluding hydrogens is 762 g/mol. The van der Waals surface area contributed by atoms with Crippen LogP contribution < -0.4 is 11.2 Å². The summed E-state index contributed by atoms with van der Waals surface area (Å²) in [6.07, 6.45) is -1.21. The van der Waals surface area contributed by atoms with E-state index in [9.17, 15) is 34.1 Å². The Labute approximate surface area is 338 Å². The monoisotopic (exact) mass is 805 g/mol. The van der Waals surface area contributed by atoms with Crippen LogP contribution in [-0.2, 0) is 23.7 Å². The lowest BCUT2D eigenvalue weighted by Gasteiger charge is -2.26. The molecule has 306 valence electrons. The lowest BCUT2D eigenvalue weighted by Crippen LogP contribution is -2.43. The minimum Gasteiger partial charge on any atom is -0.459 e. The van der Waals surface area contributed by atoms with Crippen LogP contribution in [0.4, 0.5) is 5.69 Å². The Balaban J connectivity index is 1.41. The Kier molecular flexibility index (Phi) is 14.3. The van der Waals surface area contributed by atoms with E-state index in [0.717, 1.165) is 30.3 Å². The van der Waals surface area contributed by atoms with E-state index in [1.165, 1.54) is 54.7 Å². The molecule has 0 aliphatic carbocycles. The summed E-state index contributed by atoms with van der Waals surface area (Å²) in [4.78, 5) is 81.1. The summed E-state index contributed by atoms with van der Waals surface area (Å²) in [5.74, 6) is -2.38. The summed E-state index contributed by atoms with van der Waals surface area (Å²) in [5.41, 5.74) is -1.11. The molecule has 0 amide bonds. The summed E-state index contributed by atoms with van der Waals surface area (Å²) in [7, 11) is 0. The number of nitro benzene ring substituents is 1. The summed E-state index contributed by atoms with van der Waals surface area (Å²) in [5, 5.41) is 11.5. The average molecular weight is 806 g/mol. The van der Waals surface area contributed by atoms with Gasteiger partial charge in [0.05, 0.1) is 27.2 Å². The van der Waals surface area contributed by atoms with Crippen LogP contribution in [0.2, 0.25) is 0 Å². The number of rotatable bonds is 18. The van der Waals surface area contributed by atoms with Crippen molar-refractivity contribution in [1.29, 1.82) is 0 Å². The molecule has 1 aliphatic rings. The molecule has 1 saturated heterocycles. The van der Waals surface area contributed by atoms with Crippen LogP contribution in [0.25, 0.3) is 0 Å². The molecule has 6 rings (SSSR count). The largest absolute Gasteiger partial charge is 0.459 e. The zero-order chi connectivity index (χ0) is 41.7. The standard InChI is InChI=1S/C44H43N3O12/c1-2-3-4-5-15-26-55-36(29-22-24-33(25-23-29)47(53)54)34-27-46(44(52)45-39(34)48)40-38(59-43(51)32-20-13-8-14-21-32)37(58-42(50)31-18-11-7-12-19-31)35(57-40)28-56-41(49)30-16-9-6-10-17-30/h6-14,16-25,27,35-38,40H,2-5,15,26,28H2,1H3,(H,45,48,52)/t35-,36+,37-,38-,40-/m1/s1. The van der Waals surface area contributed by atoms with E-state index in [0.29, 0.717) is 12.0 Å². The van der Waals surface area contributed by atoms with E-state index in [1.807, 2.05) is 0 Å². The van der Waals surface area contributed by atoms with Crippen LogP contribution >= 0.6 is 0 Å². The summed E-state index contributed by atoms with van der Waals surface area (Å²) in [6, 6.07) is 29.6. The molecular formula is C44H43N3O12. The number of esters is 3. The fourth-order valence-corrected chi connectivity index (χ4v) is 6.60. The summed E-state index contributed by atoms with van der Waals surface area (Å²) in [6.45, 7) is 1.81. The van der Waals surface area contributed by atoms with Crippen LogP contribution in [0.1, 0.15) is 93.6 Å². The van der Waals surface area contributed by atoms with Crippen molar-refractivity contribution in [3.8, 4) is 0 Å². The van der Waals surface area contributed by atoms with Crippen molar-refractivity contribution in [3.05, 3.63) is 180 Å².